The lowest BCUT2D eigenvalue weighted by molar-refractivity contribution is 0.850. The van der Waals surface area contributed by atoms with Gasteiger partial charge in [-0.2, -0.15) is 0 Å². The fraction of sp³-hybridized carbons (Fsp3) is 0.0870. The Bertz CT molecular complexity index is 1140. The van der Waals surface area contributed by atoms with Crippen molar-refractivity contribution < 1.29 is 0 Å². The number of H-pyrrole nitrogens is 1. The van der Waals surface area contributed by atoms with E-state index in [0.717, 1.165) is 27.6 Å². The van der Waals surface area contributed by atoms with Crippen molar-refractivity contribution >= 4 is 10.9 Å². The predicted molar refractivity (Wildman–Crippen MR) is 105 cm³/mol. The van der Waals surface area contributed by atoms with Crippen LogP contribution >= 0.6 is 0 Å². The normalized spacial score (nSPS) is 10.5. The van der Waals surface area contributed by atoms with Crippen LogP contribution in [0.2, 0.25) is 0 Å². The first-order chi connectivity index (χ1) is 12.8. The first kappa shape index (κ1) is 16.0. The number of nitrogens with zero attached hydrogens (tertiary/aromatic N) is 1. The van der Waals surface area contributed by atoms with Crippen LogP contribution in [-0.2, 0) is 13.0 Å². The summed E-state index contributed by atoms with van der Waals surface area (Å²) >= 11 is 0. The van der Waals surface area contributed by atoms with Gasteiger partial charge in [-0.15, -0.1) is 0 Å². The number of hydrogen-bond donors (Lipinski definition) is 1. The lowest BCUT2D eigenvalue weighted by atomic mass is 10.0. The van der Waals surface area contributed by atoms with Gasteiger partial charge in [-0.1, -0.05) is 42.2 Å². The van der Waals surface area contributed by atoms with Crippen molar-refractivity contribution in [2.75, 3.05) is 0 Å². The maximum atomic E-state index is 12.3. The third-order valence-electron chi connectivity index (χ3n) is 4.32. The molecule has 2 heterocycles. The van der Waals surface area contributed by atoms with Gasteiger partial charge in [0.15, 0.2) is 0 Å². The number of hydrogen-bond acceptors (Lipinski definition) is 1. The standard InChI is InChI=1S/C23H18N2O/c26-23-21(16-18-7-2-1-3-8-18)17-20-15-19(10-11-22(20)24-23)9-6-14-25-12-4-5-13-25/h1-5,7-8,10-13,15,17H,14,16H2,(H,24,26). The minimum atomic E-state index is -0.0344. The molecule has 0 fully saturated rings. The van der Waals surface area contributed by atoms with Crippen LogP contribution in [0, 0.1) is 11.8 Å². The highest BCUT2D eigenvalue weighted by atomic mass is 16.1. The SMILES string of the molecule is O=c1[nH]c2ccc(C#CCn3cccc3)cc2cc1Cc1ccccc1. The van der Waals surface area contributed by atoms with Crippen LogP contribution in [-0.4, -0.2) is 9.55 Å². The van der Waals surface area contributed by atoms with Crippen LogP contribution in [0.15, 0.2) is 83.9 Å². The summed E-state index contributed by atoms with van der Waals surface area (Å²) in [5.74, 6) is 6.37. The Morgan fingerprint density at radius 2 is 1.73 bits per heavy atom. The monoisotopic (exact) mass is 338 g/mol. The summed E-state index contributed by atoms with van der Waals surface area (Å²) in [7, 11) is 0. The van der Waals surface area contributed by atoms with Crippen molar-refractivity contribution in [2.45, 2.75) is 13.0 Å². The van der Waals surface area contributed by atoms with Crippen LogP contribution in [0.25, 0.3) is 10.9 Å². The third-order valence-corrected chi connectivity index (χ3v) is 4.32. The summed E-state index contributed by atoms with van der Waals surface area (Å²) in [6.07, 6.45) is 4.61. The molecule has 3 nitrogen and oxygen atoms in total. The Hall–Kier alpha value is -3.51. The second kappa shape index (κ2) is 7.16. The van der Waals surface area contributed by atoms with Crippen LogP contribution in [0.1, 0.15) is 16.7 Å². The van der Waals surface area contributed by atoms with Gasteiger partial charge in [-0.3, -0.25) is 4.79 Å². The van der Waals surface area contributed by atoms with Gasteiger partial charge < -0.3 is 9.55 Å². The van der Waals surface area contributed by atoms with E-state index in [1.54, 1.807) is 0 Å². The molecule has 26 heavy (non-hydrogen) atoms. The van der Waals surface area contributed by atoms with Crippen molar-refractivity contribution in [3.63, 3.8) is 0 Å². The lowest BCUT2D eigenvalue weighted by Gasteiger charge is -2.04. The number of aromatic amines is 1. The van der Waals surface area contributed by atoms with Crippen LogP contribution in [0.4, 0.5) is 0 Å². The maximum Gasteiger partial charge on any atom is 0.251 e. The number of rotatable bonds is 3. The summed E-state index contributed by atoms with van der Waals surface area (Å²) in [5.41, 5.74) is 3.64. The molecule has 0 amide bonds. The van der Waals surface area contributed by atoms with Gasteiger partial charge >= 0.3 is 0 Å². The molecule has 2 aromatic heterocycles. The Morgan fingerprint density at radius 3 is 2.54 bits per heavy atom. The molecule has 0 aliphatic carbocycles. The second-order valence-corrected chi connectivity index (χ2v) is 6.25. The van der Waals surface area contributed by atoms with Crippen molar-refractivity contribution in [3.8, 4) is 11.8 Å². The molecule has 0 saturated heterocycles. The van der Waals surface area contributed by atoms with E-state index < -0.39 is 0 Å². The third kappa shape index (κ3) is 3.60. The van der Waals surface area contributed by atoms with Crippen molar-refractivity contribution in [1.82, 2.24) is 9.55 Å². The van der Waals surface area contributed by atoms with E-state index in [-0.39, 0.29) is 5.56 Å². The Balaban J connectivity index is 1.63. The first-order valence-electron chi connectivity index (χ1n) is 8.57. The molecule has 0 radical (unpaired) electrons. The number of fused-ring (bicyclic) bond motifs is 1. The van der Waals surface area contributed by atoms with Gasteiger partial charge in [0.2, 0.25) is 0 Å². The largest absolute Gasteiger partial charge is 0.343 e. The average molecular weight is 338 g/mol. The van der Waals surface area contributed by atoms with Crippen LogP contribution in [0.5, 0.6) is 0 Å². The molecule has 4 aromatic rings. The lowest BCUT2D eigenvalue weighted by Crippen LogP contribution is -2.12. The van der Waals surface area contributed by atoms with Gasteiger partial charge in [-0.25, -0.2) is 0 Å². The van der Waals surface area contributed by atoms with E-state index in [0.29, 0.717) is 13.0 Å². The number of pyridine rings is 1. The topological polar surface area (TPSA) is 37.8 Å². The zero-order valence-corrected chi connectivity index (χ0v) is 14.3. The van der Waals surface area contributed by atoms with Crippen LogP contribution in [0.3, 0.4) is 0 Å². The van der Waals surface area contributed by atoms with E-state index in [4.69, 9.17) is 0 Å². The smallest absolute Gasteiger partial charge is 0.251 e. The highest BCUT2D eigenvalue weighted by Gasteiger charge is 2.04. The molecule has 1 N–H and O–H groups in total. The summed E-state index contributed by atoms with van der Waals surface area (Å²) in [6.45, 7) is 0.663. The van der Waals surface area contributed by atoms with Gasteiger partial charge in [0.25, 0.3) is 5.56 Å². The molecule has 0 atom stereocenters. The fourth-order valence-corrected chi connectivity index (χ4v) is 2.99. The van der Waals surface area contributed by atoms with E-state index in [1.807, 2.05) is 83.7 Å². The number of benzene rings is 2. The summed E-state index contributed by atoms with van der Waals surface area (Å²) < 4.78 is 2.03. The molecular weight excluding hydrogens is 320 g/mol. The predicted octanol–water partition coefficient (Wildman–Crippen LogP) is 3.97. The molecular formula is C23H18N2O. The molecule has 0 unspecified atom stereocenters. The molecule has 126 valence electrons. The van der Waals surface area contributed by atoms with Crippen molar-refractivity contribution in [1.29, 1.82) is 0 Å². The molecule has 0 aliphatic heterocycles. The summed E-state index contributed by atoms with van der Waals surface area (Å²) in [4.78, 5) is 15.3. The van der Waals surface area contributed by atoms with E-state index >= 15 is 0 Å². The molecule has 0 aliphatic rings. The molecule has 0 spiro atoms. The molecule has 3 heteroatoms. The number of aromatic nitrogens is 2. The van der Waals surface area contributed by atoms with E-state index in [1.165, 1.54) is 0 Å². The summed E-state index contributed by atoms with van der Waals surface area (Å²) in [6, 6.07) is 21.9. The maximum absolute atomic E-state index is 12.3. The molecule has 4 rings (SSSR count). The van der Waals surface area contributed by atoms with Crippen LogP contribution < -0.4 is 5.56 Å². The minimum absolute atomic E-state index is 0.0344. The zero-order valence-electron chi connectivity index (χ0n) is 14.3. The van der Waals surface area contributed by atoms with Gasteiger partial charge in [-0.05, 0) is 47.3 Å². The second-order valence-electron chi connectivity index (χ2n) is 6.25. The quantitative estimate of drug-likeness (QED) is 0.564. The average Bonchev–Trinajstić information content (AvgIpc) is 3.17. The van der Waals surface area contributed by atoms with E-state index in [9.17, 15) is 4.79 Å². The highest BCUT2D eigenvalue weighted by molar-refractivity contribution is 5.80. The fourth-order valence-electron chi connectivity index (χ4n) is 2.99. The van der Waals surface area contributed by atoms with Crippen molar-refractivity contribution in [2.24, 2.45) is 0 Å². The minimum Gasteiger partial charge on any atom is -0.343 e. The van der Waals surface area contributed by atoms with Gasteiger partial charge in [0.1, 0.15) is 0 Å². The highest BCUT2D eigenvalue weighted by Crippen LogP contribution is 2.15. The molecule has 0 bridgehead atoms. The zero-order chi connectivity index (χ0) is 17.8. The first-order valence-corrected chi connectivity index (χ1v) is 8.57. The summed E-state index contributed by atoms with van der Waals surface area (Å²) in [5, 5.41) is 1.00. The number of nitrogens with one attached hydrogen (secondary N) is 1. The Labute approximate surface area is 151 Å². The van der Waals surface area contributed by atoms with Gasteiger partial charge in [0, 0.05) is 35.5 Å². The van der Waals surface area contributed by atoms with E-state index in [2.05, 4.69) is 16.8 Å². The Kier molecular flexibility index (Phi) is 4.40. The molecule has 2 aromatic carbocycles. The molecule has 0 saturated carbocycles. The Morgan fingerprint density at radius 1 is 0.923 bits per heavy atom. The van der Waals surface area contributed by atoms with Crippen molar-refractivity contribution in [3.05, 3.63) is 106 Å². The van der Waals surface area contributed by atoms with Gasteiger partial charge in [0.05, 0.1) is 6.54 Å².